The number of rotatable bonds is 3. The van der Waals surface area contributed by atoms with Crippen molar-refractivity contribution in [1.29, 1.82) is 0 Å². The Morgan fingerprint density at radius 2 is 1.88 bits per heavy atom. The first-order chi connectivity index (χ1) is 8.15. The van der Waals surface area contributed by atoms with Crippen LogP contribution in [0.2, 0.25) is 0 Å². The first-order valence-corrected chi connectivity index (χ1v) is 5.60. The average Bonchev–Trinajstić information content (AvgIpc) is 2.29. The molecule has 86 valence electrons. The van der Waals surface area contributed by atoms with Crippen molar-refractivity contribution in [2.45, 2.75) is 9.79 Å². The Kier molecular flexibility index (Phi) is 3.24. The average molecular weight is 247 g/mol. The van der Waals surface area contributed by atoms with Gasteiger partial charge < -0.3 is 5.73 Å². The monoisotopic (exact) mass is 247 g/mol. The van der Waals surface area contributed by atoms with Crippen LogP contribution in [0, 0.1) is 10.1 Å². The number of nitrogens with zero attached hydrogens (tertiary/aromatic N) is 2. The highest BCUT2D eigenvalue weighted by Gasteiger charge is 2.04. The maximum absolute atomic E-state index is 10.5. The van der Waals surface area contributed by atoms with E-state index >= 15 is 0 Å². The van der Waals surface area contributed by atoms with Crippen LogP contribution in [0.4, 0.5) is 11.5 Å². The largest absolute Gasteiger partial charge is 0.384 e. The molecular weight excluding hydrogens is 238 g/mol. The summed E-state index contributed by atoms with van der Waals surface area (Å²) in [6, 6.07) is 9.97. The van der Waals surface area contributed by atoms with Crippen molar-refractivity contribution in [3.05, 3.63) is 52.7 Å². The molecule has 1 aromatic heterocycles. The normalized spacial score (nSPS) is 10.1. The van der Waals surface area contributed by atoms with Gasteiger partial charge in [0.25, 0.3) is 5.69 Å². The Hall–Kier alpha value is -2.08. The fraction of sp³-hybridized carbons (Fsp3) is 0. The minimum absolute atomic E-state index is 0.0867. The van der Waals surface area contributed by atoms with E-state index < -0.39 is 4.92 Å². The first-order valence-electron chi connectivity index (χ1n) is 4.79. The molecule has 0 saturated carbocycles. The van der Waals surface area contributed by atoms with Gasteiger partial charge in [0.1, 0.15) is 5.82 Å². The lowest BCUT2D eigenvalue weighted by Crippen LogP contribution is -1.88. The molecule has 6 heteroatoms. The topological polar surface area (TPSA) is 82.0 Å². The summed E-state index contributed by atoms with van der Waals surface area (Å²) < 4.78 is 0. The van der Waals surface area contributed by atoms with Crippen LogP contribution in [-0.4, -0.2) is 9.91 Å². The summed E-state index contributed by atoms with van der Waals surface area (Å²) in [6.45, 7) is 0. The van der Waals surface area contributed by atoms with Crippen molar-refractivity contribution >= 4 is 23.3 Å². The molecule has 0 aliphatic heterocycles. The highest BCUT2D eigenvalue weighted by molar-refractivity contribution is 7.99. The van der Waals surface area contributed by atoms with E-state index in [9.17, 15) is 10.1 Å². The fourth-order valence-corrected chi connectivity index (χ4v) is 2.12. The lowest BCUT2D eigenvalue weighted by molar-refractivity contribution is -0.384. The molecule has 0 unspecified atom stereocenters. The van der Waals surface area contributed by atoms with E-state index in [1.807, 2.05) is 6.07 Å². The Bertz CT molecular complexity index is 543. The van der Waals surface area contributed by atoms with Crippen molar-refractivity contribution in [2.75, 3.05) is 5.73 Å². The number of aromatic nitrogens is 1. The van der Waals surface area contributed by atoms with Gasteiger partial charge in [-0.05, 0) is 24.3 Å². The zero-order chi connectivity index (χ0) is 12.3. The Morgan fingerprint density at radius 3 is 2.47 bits per heavy atom. The van der Waals surface area contributed by atoms with Gasteiger partial charge in [0.05, 0.1) is 4.92 Å². The summed E-state index contributed by atoms with van der Waals surface area (Å²) in [5.74, 6) is 0.455. The van der Waals surface area contributed by atoms with Gasteiger partial charge in [-0.3, -0.25) is 10.1 Å². The number of benzene rings is 1. The van der Waals surface area contributed by atoms with Crippen LogP contribution in [0.25, 0.3) is 0 Å². The van der Waals surface area contributed by atoms with Crippen LogP contribution in [0.15, 0.2) is 52.4 Å². The number of non-ortho nitro benzene ring substituents is 1. The number of nitro benzene ring substituents is 1. The molecule has 2 aromatic rings. The molecule has 0 fully saturated rings. The van der Waals surface area contributed by atoms with Crippen LogP contribution in [0.1, 0.15) is 0 Å². The number of nitro groups is 1. The minimum Gasteiger partial charge on any atom is -0.384 e. The molecule has 5 nitrogen and oxygen atoms in total. The van der Waals surface area contributed by atoms with Gasteiger partial charge >= 0.3 is 0 Å². The molecule has 0 aliphatic carbocycles. The van der Waals surface area contributed by atoms with E-state index in [0.29, 0.717) is 5.82 Å². The molecule has 0 spiro atoms. The van der Waals surface area contributed by atoms with Gasteiger partial charge in [-0.2, -0.15) is 0 Å². The fourth-order valence-electron chi connectivity index (χ4n) is 1.26. The van der Waals surface area contributed by atoms with Gasteiger partial charge in [-0.15, -0.1) is 0 Å². The number of nitrogens with two attached hydrogens (primary N) is 1. The standard InChI is InChI=1S/C11H9N3O2S/c12-11-7-10(5-6-13-11)17-9-3-1-8(2-4-9)14(15)16/h1-7H,(H2,12,13). The third-order valence-corrected chi connectivity index (χ3v) is 3.03. The first kappa shape index (κ1) is 11.4. The summed E-state index contributed by atoms with van der Waals surface area (Å²) in [7, 11) is 0. The van der Waals surface area contributed by atoms with Crippen molar-refractivity contribution in [1.82, 2.24) is 4.98 Å². The third-order valence-electron chi connectivity index (χ3n) is 2.04. The van der Waals surface area contributed by atoms with Gasteiger partial charge in [0.2, 0.25) is 0 Å². The van der Waals surface area contributed by atoms with Crippen molar-refractivity contribution in [2.24, 2.45) is 0 Å². The molecule has 0 atom stereocenters. The highest BCUT2D eigenvalue weighted by Crippen LogP contribution is 2.29. The number of hydrogen-bond acceptors (Lipinski definition) is 5. The molecule has 0 amide bonds. The molecule has 0 aliphatic rings. The van der Waals surface area contributed by atoms with Crippen LogP contribution in [0.5, 0.6) is 0 Å². The highest BCUT2D eigenvalue weighted by atomic mass is 32.2. The second-order valence-corrected chi connectivity index (χ2v) is 4.42. The van der Waals surface area contributed by atoms with Crippen LogP contribution in [0.3, 0.4) is 0 Å². The second-order valence-electron chi connectivity index (χ2n) is 3.27. The van der Waals surface area contributed by atoms with E-state index in [4.69, 9.17) is 5.73 Å². The molecule has 0 radical (unpaired) electrons. The van der Waals surface area contributed by atoms with E-state index in [0.717, 1.165) is 9.79 Å². The van der Waals surface area contributed by atoms with E-state index in [1.165, 1.54) is 23.9 Å². The molecule has 2 rings (SSSR count). The van der Waals surface area contributed by atoms with E-state index in [-0.39, 0.29) is 5.69 Å². The summed E-state index contributed by atoms with van der Waals surface area (Å²) in [5, 5.41) is 10.5. The van der Waals surface area contributed by atoms with Crippen LogP contribution >= 0.6 is 11.8 Å². The molecule has 2 N–H and O–H groups in total. The molecule has 1 aromatic carbocycles. The summed E-state index contributed by atoms with van der Waals surface area (Å²) in [6.07, 6.45) is 1.63. The zero-order valence-corrected chi connectivity index (χ0v) is 9.55. The van der Waals surface area contributed by atoms with Gasteiger partial charge in [-0.25, -0.2) is 4.98 Å². The zero-order valence-electron chi connectivity index (χ0n) is 8.74. The lowest BCUT2D eigenvalue weighted by Gasteiger charge is -2.01. The third kappa shape index (κ3) is 2.94. The maximum Gasteiger partial charge on any atom is 0.269 e. The Balaban J connectivity index is 2.16. The predicted octanol–water partition coefficient (Wildman–Crippen LogP) is 2.72. The maximum atomic E-state index is 10.5. The summed E-state index contributed by atoms with van der Waals surface area (Å²) in [4.78, 5) is 15.8. The molecule has 17 heavy (non-hydrogen) atoms. The lowest BCUT2D eigenvalue weighted by atomic mass is 10.3. The van der Waals surface area contributed by atoms with Gasteiger partial charge in [0.15, 0.2) is 0 Å². The van der Waals surface area contributed by atoms with Crippen LogP contribution in [-0.2, 0) is 0 Å². The molecular formula is C11H9N3O2S. The van der Waals surface area contributed by atoms with Crippen molar-refractivity contribution < 1.29 is 4.92 Å². The molecule has 0 saturated heterocycles. The van der Waals surface area contributed by atoms with Crippen LogP contribution < -0.4 is 5.73 Å². The quantitative estimate of drug-likeness (QED) is 0.666. The van der Waals surface area contributed by atoms with E-state index in [1.54, 1.807) is 24.4 Å². The van der Waals surface area contributed by atoms with Crippen molar-refractivity contribution in [3.63, 3.8) is 0 Å². The summed E-state index contributed by atoms with van der Waals surface area (Å²) >= 11 is 1.48. The summed E-state index contributed by atoms with van der Waals surface area (Å²) in [5.41, 5.74) is 5.65. The Morgan fingerprint density at radius 1 is 1.18 bits per heavy atom. The second kappa shape index (κ2) is 4.84. The molecule has 1 heterocycles. The number of pyridine rings is 1. The SMILES string of the molecule is Nc1cc(Sc2ccc([N+](=O)[O-])cc2)ccn1. The minimum atomic E-state index is -0.418. The van der Waals surface area contributed by atoms with Crippen molar-refractivity contribution in [3.8, 4) is 0 Å². The van der Waals surface area contributed by atoms with Gasteiger partial charge in [-0.1, -0.05) is 11.8 Å². The molecule has 0 bridgehead atoms. The smallest absolute Gasteiger partial charge is 0.269 e. The van der Waals surface area contributed by atoms with E-state index in [2.05, 4.69) is 4.98 Å². The number of anilines is 1. The predicted molar refractivity (Wildman–Crippen MR) is 65.9 cm³/mol. The number of nitrogen functional groups attached to an aromatic ring is 1. The van der Waals surface area contributed by atoms with Gasteiger partial charge in [0, 0.05) is 28.1 Å². The number of hydrogen-bond donors (Lipinski definition) is 1. The Labute approximate surface area is 102 Å².